The molecule has 0 aliphatic rings. The Morgan fingerprint density at radius 3 is 2.76 bits per heavy atom. The van der Waals surface area contributed by atoms with E-state index in [1.54, 1.807) is 23.8 Å². The van der Waals surface area contributed by atoms with Gasteiger partial charge >= 0.3 is 0 Å². The third-order valence-corrected chi connectivity index (χ3v) is 3.07. The fourth-order valence-corrected chi connectivity index (χ4v) is 2.07. The van der Waals surface area contributed by atoms with E-state index in [1.165, 1.54) is 12.5 Å². The molecule has 3 N–H and O–H groups in total. The molecule has 0 aliphatic heterocycles. The number of hydrogen-bond acceptors (Lipinski definition) is 6. The van der Waals surface area contributed by atoms with Gasteiger partial charge in [0.25, 0.3) is 5.78 Å². The Hall–Kier alpha value is -3.09. The van der Waals surface area contributed by atoms with Gasteiger partial charge in [-0.1, -0.05) is 0 Å². The molecule has 21 heavy (non-hydrogen) atoms. The van der Waals surface area contributed by atoms with Crippen LogP contribution in [0.3, 0.4) is 0 Å². The van der Waals surface area contributed by atoms with Gasteiger partial charge < -0.3 is 11.1 Å². The lowest BCUT2D eigenvalue weighted by atomic mass is 10.1. The van der Waals surface area contributed by atoms with Crippen LogP contribution >= 0.6 is 0 Å². The minimum Gasteiger partial charge on any atom is -0.402 e. The molecule has 0 radical (unpaired) electrons. The van der Waals surface area contributed by atoms with Gasteiger partial charge in [-0.15, -0.1) is 0 Å². The average molecular weight is 279 g/mol. The van der Waals surface area contributed by atoms with Crippen LogP contribution < -0.4 is 5.73 Å². The topological polar surface area (TPSA) is 106 Å². The largest absolute Gasteiger partial charge is 0.402 e. The van der Waals surface area contributed by atoms with Crippen LogP contribution in [0.2, 0.25) is 0 Å². The first-order chi connectivity index (χ1) is 10.2. The number of allylic oxidation sites excluding steroid dienone is 2. The van der Waals surface area contributed by atoms with Gasteiger partial charge in [0.1, 0.15) is 6.33 Å². The second-order valence-electron chi connectivity index (χ2n) is 4.48. The molecule has 0 spiro atoms. The van der Waals surface area contributed by atoms with E-state index in [-0.39, 0.29) is 0 Å². The van der Waals surface area contributed by atoms with Crippen LogP contribution in [0.15, 0.2) is 42.6 Å². The zero-order valence-electron chi connectivity index (χ0n) is 11.4. The molecular formula is C14H13N7. The Balaban J connectivity index is 2.31. The molecule has 0 fully saturated rings. The van der Waals surface area contributed by atoms with Gasteiger partial charge in [0, 0.05) is 35.4 Å². The summed E-state index contributed by atoms with van der Waals surface area (Å²) in [5.74, 6) is 0.458. The third-order valence-electron chi connectivity index (χ3n) is 3.07. The number of nitrogens with zero attached hydrogens (tertiary/aromatic N) is 5. The van der Waals surface area contributed by atoms with E-state index in [2.05, 4.69) is 20.1 Å². The molecule has 3 heterocycles. The van der Waals surface area contributed by atoms with Gasteiger partial charge in [-0.3, -0.25) is 4.98 Å². The Morgan fingerprint density at radius 1 is 1.33 bits per heavy atom. The van der Waals surface area contributed by atoms with Crippen molar-refractivity contribution >= 4 is 17.6 Å². The first-order valence-corrected chi connectivity index (χ1v) is 6.29. The van der Waals surface area contributed by atoms with Crippen molar-refractivity contribution < 1.29 is 0 Å². The minimum absolute atomic E-state index is 0.458. The smallest absolute Gasteiger partial charge is 0.253 e. The molecule has 0 saturated carbocycles. The van der Waals surface area contributed by atoms with E-state index in [9.17, 15) is 0 Å². The number of fused-ring (bicyclic) bond motifs is 1. The van der Waals surface area contributed by atoms with E-state index in [1.807, 2.05) is 18.2 Å². The summed E-state index contributed by atoms with van der Waals surface area (Å²) in [5, 5.41) is 11.7. The number of pyridine rings is 1. The van der Waals surface area contributed by atoms with Gasteiger partial charge in [-0.25, -0.2) is 4.98 Å². The number of nitrogens with two attached hydrogens (primary N) is 1. The minimum atomic E-state index is 0.458. The van der Waals surface area contributed by atoms with E-state index in [0.29, 0.717) is 22.7 Å². The summed E-state index contributed by atoms with van der Waals surface area (Å²) < 4.78 is 1.65. The zero-order chi connectivity index (χ0) is 14.8. The highest BCUT2D eigenvalue weighted by Crippen LogP contribution is 2.22. The standard InChI is InChI=1S/C14H13N7/c1-9(16)11(7-15)12-6-13(10-2-4-17-5-3-10)21-14(20-12)18-8-19-21/h2-8,15H,16H2,1H3/b11-9+,15-7?. The van der Waals surface area contributed by atoms with Crippen LogP contribution in [0.1, 0.15) is 12.6 Å². The molecule has 7 heteroatoms. The summed E-state index contributed by atoms with van der Waals surface area (Å²) in [6.45, 7) is 1.74. The van der Waals surface area contributed by atoms with Crippen LogP contribution in [0.25, 0.3) is 22.6 Å². The molecule has 104 valence electrons. The molecule has 3 aromatic heterocycles. The molecule has 3 aromatic rings. The maximum atomic E-state index is 7.52. The highest BCUT2D eigenvalue weighted by molar-refractivity contribution is 6.08. The van der Waals surface area contributed by atoms with Gasteiger partial charge in [-0.2, -0.15) is 14.6 Å². The molecular weight excluding hydrogens is 266 g/mol. The van der Waals surface area contributed by atoms with Crippen molar-refractivity contribution in [3.63, 3.8) is 0 Å². The van der Waals surface area contributed by atoms with Crippen LogP contribution in [0.4, 0.5) is 0 Å². The van der Waals surface area contributed by atoms with E-state index >= 15 is 0 Å². The van der Waals surface area contributed by atoms with Crippen molar-refractivity contribution in [1.29, 1.82) is 5.41 Å². The average Bonchev–Trinajstić information content (AvgIpc) is 2.96. The fraction of sp³-hybridized carbons (Fsp3) is 0.0714. The van der Waals surface area contributed by atoms with E-state index in [0.717, 1.165) is 11.3 Å². The highest BCUT2D eigenvalue weighted by Gasteiger charge is 2.12. The number of nitrogens with one attached hydrogen (secondary N) is 1. The Kier molecular flexibility index (Phi) is 3.15. The monoisotopic (exact) mass is 279 g/mol. The number of rotatable bonds is 3. The first-order valence-electron chi connectivity index (χ1n) is 6.29. The van der Waals surface area contributed by atoms with Gasteiger partial charge in [0.15, 0.2) is 0 Å². The number of hydrogen-bond donors (Lipinski definition) is 2. The zero-order valence-corrected chi connectivity index (χ0v) is 11.4. The normalized spacial score (nSPS) is 12.2. The first kappa shape index (κ1) is 12.9. The molecule has 0 aromatic carbocycles. The molecule has 7 nitrogen and oxygen atoms in total. The summed E-state index contributed by atoms with van der Waals surface area (Å²) in [4.78, 5) is 12.5. The van der Waals surface area contributed by atoms with Crippen molar-refractivity contribution in [2.45, 2.75) is 6.92 Å². The summed E-state index contributed by atoms with van der Waals surface area (Å²) in [5.41, 5.74) is 9.26. The Morgan fingerprint density at radius 2 is 2.10 bits per heavy atom. The quantitative estimate of drug-likeness (QED) is 0.707. The van der Waals surface area contributed by atoms with Crippen LogP contribution in [-0.4, -0.2) is 30.8 Å². The number of aromatic nitrogens is 5. The maximum absolute atomic E-state index is 7.52. The molecule has 0 unspecified atom stereocenters. The second-order valence-corrected chi connectivity index (χ2v) is 4.48. The second kappa shape index (κ2) is 5.12. The molecule has 0 saturated heterocycles. The van der Waals surface area contributed by atoms with Crippen molar-refractivity contribution in [3.05, 3.63) is 48.3 Å². The molecule has 0 bridgehead atoms. The molecule has 0 atom stereocenters. The van der Waals surface area contributed by atoms with Crippen molar-refractivity contribution in [1.82, 2.24) is 24.6 Å². The molecule has 0 aliphatic carbocycles. The summed E-state index contributed by atoms with van der Waals surface area (Å²) in [6.07, 6.45) is 6.06. The lowest BCUT2D eigenvalue weighted by molar-refractivity contribution is 0.943. The van der Waals surface area contributed by atoms with Crippen LogP contribution in [-0.2, 0) is 0 Å². The van der Waals surface area contributed by atoms with Crippen molar-refractivity contribution in [2.75, 3.05) is 0 Å². The fourth-order valence-electron chi connectivity index (χ4n) is 2.07. The summed E-state index contributed by atoms with van der Waals surface area (Å²) in [7, 11) is 0. The molecule has 3 rings (SSSR count). The predicted molar refractivity (Wildman–Crippen MR) is 79.6 cm³/mol. The predicted octanol–water partition coefficient (Wildman–Crippen LogP) is 1.53. The highest BCUT2D eigenvalue weighted by atomic mass is 15.3. The summed E-state index contributed by atoms with van der Waals surface area (Å²) in [6, 6.07) is 5.60. The van der Waals surface area contributed by atoms with Gasteiger partial charge in [0.05, 0.1) is 11.4 Å². The maximum Gasteiger partial charge on any atom is 0.253 e. The van der Waals surface area contributed by atoms with E-state index < -0.39 is 0 Å². The van der Waals surface area contributed by atoms with Crippen molar-refractivity contribution in [3.8, 4) is 11.3 Å². The van der Waals surface area contributed by atoms with Crippen molar-refractivity contribution in [2.24, 2.45) is 5.73 Å². The third kappa shape index (κ3) is 2.25. The lowest BCUT2D eigenvalue weighted by Crippen LogP contribution is -2.05. The summed E-state index contributed by atoms with van der Waals surface area (Å²) >= 11 is 0. The van der Waals surface area contributed by atoms with Crippen LogP contribution in [0, 0.1) is 5.41 Å². The van der Waals surface area contributed by atoms with Gasteiger partial charge in [0.2, 0.25) is 0 Å². The van der Waals surface area contributed by atoms with Crippen LogP contribution in [0.5, 0.6) is 0 Å². The van der Waals surface area contributed by atoms with Gasteiger partial charge in [-0.05, 0) is 25.1 Å². The Labute approximate surface area is 120 Å². The Bertz CT molecular complexity index is 829. The lowest BCUT2D eigenvalue weighted by Gasteiger charge is -2.08. The molecule has 0 amide bonds. The SMILES string of the molecule is C/C(N)=C(/C=N)c1cc(-c2ccncc2)n2ncnc2n1. The van der Waals surface area contributed by atoms with E-state index in [4.69, 9.17) is 11.1 Å².